The highest BCUT2D eigenvalue weighted by Gasteiger charge is 2.30. The van der Waals surface area contributed by atoms with E-state index in [1.807, 2.05) is 18.7 Å². The molecule has 0 bridgehead atoms. The molecule has 0 aromatic carbocycles. The van der Waals surface area contributed by atoms with Crippen LogP contribution in [0.3, 0.4) is 0 Å². The summed E-state index contributed by atoms with van der Waals surface area (Å²) in [6.45, 7) is 4.74. The van der Waals surface area contributed by atoms with Crippen molar-refractivity contribution in [1.82, 2.24) is 9.88 Å². The number of halogens is 1. The number of aromatic nitrogens is 1. The third-order valence-electron chi connectivity index (χ3n) is 3.41. The zero-order valence-electron chi connectivity index (χ0n) is 10.9. The quantitative estimate of drug-likeness (QED) is 0.795. The Hall–Kier alpha value is -0.610. The summed E-state index contributed by atoms with van der Waals surface area (Å²) in [7, 11) is 0. The molecule has 3 nitrogen and oxygen atoms in total. The van der Waals surface area contributed by atoms with Gasteiger partial charge in [0.1, 0.15) is 4.88 Å². The zero-order valence-corrected chi connectivity index (χ0v) is 12.5. The summed E-state index contributed by atoms with van der Waals surface area (Å²) in [4.78, 5) is 19.7. The summed E-state index contributed by atoms with van der Waals surface area (Å²) in [6.07, 6.45) is 4.22. The molecule has 5 heteroatoms. The van der Waals surface area contributed by atoms with Crippen molar-refractivity contribution in [3.8, 4) is 0 Å². The Morgan fingerprint density at radius 1 is 1.56 bits per heavy atom. The van der Waals surface area contributed by atoms with Crippen molar-refractivity contribution in [1.29, 1.82) is 0 Å². The molecule has 1 aliphatic heterocycles. The summed E-state index contributed by atoms with van der Waals surface area (Å²) >= 11 is 7.25. The normalized spacial score (nSPS) is 19.5. The van der Waals surface area contributed by atoms with Crippen molar-refractivity contribution in [3.05, 3.63) is 15.6 Å². The van der Waals surface area contributed by atoms with Crippen molar-refractivity contribution in [2.75, 3.05) is 12.4 Å². The van der Waals surface area contributed by atoms with Gasteiger partial charge in [-0.15, -0.1) is 22.9 Å². The SMILES string of the molecule is Cc1nc(C)c(C(=O)N2CCCC2CCCCl)s1. The zero-order chi connectivity index (χ0) is 13.1. The first-order valence-electron chi connectivity index (χ1n) is 6.44. The molecule has 0 aliphatic carbocycles. The fourth-order valence-corrected chi connectivity index (χ4v) is 3.61. The number of likely N-dealkylation sites (tertiary alicyclic amines) is 1. The number of nitrogens with zero attached hydrogens (tertiary/aromatic N) is 2. The van der Waals surface area contributed by atoms with E-state index in [-0.39, 0.29) is 5.91 Å². The molecule has 0 saturated carbocycles. The van der Waals surface area contributed by atoms with Crippen LogP contribution in [0.2, 0.25) is 0 Å². The number of rotatable bonds is 4. The Morgan fingerprint density at radius 2 is 2.33 bits per heavy atom. The van der Waals surface area contributed by atoms with Crippen LogP contribution < -0.4 is 0 Å². The van der Waals surface area contributed by atoms with Crippen LogP contribution in [-0.4, -0.2) is 34.3 Å². The molecule has 1 saturated heterocycles. The molecule has 1 aliphatic rings. The minimum atomic E-state index is 0.162. The van der Waals surface area contributed by atoms with Gasteiger partial charge in [-0.2, -0.15) is 0 Å². The average Bonchev–Trinajstić information content (AvgIpc) is 2.92. The summed E-state index contributed by atoms with van der Waals surface area (Å²) in [5.41, 5.74) is 0.866. The number of carbonyl (C=O) groups excluding carboxylic acids is 1. The van der Waals surface area contributed by atoms with Crippen molar-refractivity contribution >= 4 is 28.8 Å². The topological polar surface area (TPSA) is 33.2 Å². The summed E-state index contributed by atoms with van der Waals surface area (Å²) in [6, 6.07) is 0.373. The molecule has 2 rings (SSSR count). The Kier molecular flexibility index (Phi) is 4.62. The predicted octanol–water partition coefficient (Wildman–Crippen LogP) is 3.38. The maximum Gasteiger partial charge on any atom is 0.266 e. The van der Waals surface area contributed by atoms with Gasteiger partial charge in [-0.25, -0.2) is 4.98 Å². The molecule has 1 unspecified atom stereocenters. The highest BCUT2D eigenvalue weighted by atomic mass is 35.5. The van der Waals surface area contributed by atoms with E-state index in [1.165, 1.54) is 11.3 Å². The molecule has 1 amide bonds. The van der Waals surface area contributed by atoms with Crippen molar-refractivity contribution < 1.29 is 4.79 Å². The molecule has 1 fully saturated rings. The molecule has 1 atom stereocenters. The average molecular weight is 287 g/mol. The van der Waals surface area contributed by atoms with Gasteiger partial charge in [0.2, 0.25) is 0 Å². The van der Waals surface area contributed by atoms with Crippen molar-refractivity contribution in [2.24, 2.45) is 0 Å². The lowest BCUT2D eigenvalue weighted by molar-refractivity contribution is 0.0734. The number of carbonyl (C=O) groups is 1. The number of hydrogen-bond donors (Lipinski definition) is 0. The summed E-state index contributed by atoms with van der Waals surface area (Å²) in [5.74, 6) is 0.840. The number of alkyl halides is 1. The van der Waals surface area contributed by atoms with Gasteiger partial charge in [-0.1, -0.05) is 0 Å². The first-order valence-corrected chi connectivity index (χ1v) is 7.79. The van der Waals surface area contributed by atoms with Gasteiger partial charge in [-0.3, -0.25) is 4.79 Å². The van der Waals surface area contributed by atoms with Crippen LogP contribution in [0.1, 0.15) is 46.1 Å². The van der Waals surface area contributed by atoms with Crippen LogP contribution in [0.25, 0.3) is 0 Å². The van der Waals surface area contributed by atoms with Gasteiger partial charge in [-0.05, 0) is 39.5 Å². The molecule has 0 N–H and O–H groups in total. The molecule has 100 valence electrons. The van der Waals surface area contributed by atoms with E-state index in [0.717, 1.165) is 47.8 Å². The molecule has 2 heterocycles. The number of thiazole rings is 1. The van der Waals surface area contributed by atoms with Crippen LogP contribution >= 0.6 is 22.9 Å². The third-order valence-corrected chi connectivity index (χ3v) is 4.73. The second-order valence-electron chi connectivity index (χ2n) is 4.77. The standard InChI is InChI=1S/C13H19ClN2OS/c1-9-12(18-10(2)15-9)13(17)16-8-4-6-11(16)5-3-7-14/h11H,3-8H2,1-2H3. The van der Waals surface area contributed by atoms with E-state index >= 15 is 0 Å². The maximum atomic E-state index is 12.5. The van der Waals surface area contributed by atoms with Crippen LogP contribution in [0.4, 0.5) is 0 Å². The predicted molar refractivity (Wildman–Crippen MR) is 75.6 cm³/mol. The van der Waals surface area contributed by atoms with Crippen molar-refractivity contribution in [2.45, 2.75) is 45.6 Å². The number of amides is 1. The monoisotopic (exact) mass is 286 g/mol. The highest BCUT2D eigenvalue weighted by molar-refractivity contribution is 7.13. The third kappa shape index (κ3) is 2.86. The van der Waals surface area contributed by atoms with E-state index in [0.29, 0.717) is 11.9 Å². The Balaban J connectivity index is 2.10. The van der Waals surface area contributed by atoms with Crippen LogP contribution in [0.5, 0.6) is 0 Å². The first-order chi connectivity index (χ1) is 8.63. The molecule has 1 aromatic rings. The summed E-state index contributed by atoms with van der Waals surface area (Å²) < 4.78 is 0. The smallest absolute Gasteiger partial charge is 0.266 e. The Bertz CT molecular complexity index is 433. The van der Waals surface area contributed by atoms with E-state index in [9.17, 15) is 4.79 Å². The van der Waals surface area contributed by atoms with Gasteiger partial charge in [0.05, 0.1) is 10.7 Å². The number of aryl methyl sites for hydroxylation is 2. The lowest BCUT2D eigenvalue weighted by Crippen LogP contribution is -2.35. The molecule has 0 spiro atoms. The molecule has 18 heavy (non-hydrogen) atoms. The highest BCUT2D eigenvalue weighted by Crippen LogP contribution is 2.27. The Labute approximate surface area is 117 Å². The fourth-order valence-electron chi connectivity index (χ4n) is 2.58. The molecule has 0 radical (unpaired) electrons. The maximum absolute atomic E-state index is 12.5. The lowest BCUT2D eigenvalue weighted by Gasteiger charge is -2.24. The van der Waals surface area contributed by atoms with Gasteiger partial charge >= 0.3 is 0 Å². The van der Waals surface area contributed by atoms with Gasteiger partial charge in [0, 0.05) is 18.5 Å². The van der Waals surface area contributed by atoms with E-state index in [2.05, 4.69) is 4.98 Å². The Morgan fingerprint density at radius 3 is 2.94 bits per heavy atom. The minimum absolute atomic E-state index is 0.162. The second kappa shape index (κ2) is 6.02. The minimum Gasteiger partial charge on any atom is -0.335 e. The van der Waals surface area contributed by atoms with Crippen molar-refractivity contribution in [3.63, 3.8) is 0 Å². The number of hydrogen-bond acceptors (Lipinski definition) is 3. The van der Waals surface area contributed by atoms with Gasteiger partial charge in [0.15, 0.2) is 0 Å². The molecular formula is C13H19ClN2OS. The molecular weight excluding hydrogens is 268 g/mol. The van der Waals surface area contributed by atoms with Crippen LogP contribution in [-0.2, 0) is 0 Å². The second-order valence-corrected chi connectivity index (χ2v) is 6.35. The van der Waals surface area contributed by atoms with Gasteiger partial charge in [0.25, 0.3) is 5.91 Å². The van der Waals surface area contributed by atoms with Crippen LogP contribution in [0.15, 0.2) is 0 Å². The largest absolute Gasteiger partial charge is 0.335 e. The fraction of sp³-hybridized carbons (Fsp3) is 0.692. The van der Waals surface area contributed by atoms with Crippen LogP contribution in [0, 0.1) is 13.8 Å². The molecule has 1 aromatic heterocycles. The summed E-state index contributed by atoms with van der Waals surface area (Å²) in [5, 5.41) is 0.965. The van der Waals surface area contributed by atoms with E-state index < -0.39 is 0 Å². The first kappa shape index (κ1) is 13.8. The lowest BCUT2D eigenvalue weighted by atomic mass is 10.1. The van der Waals surface area contributed by atoms with E-state index in [4.69, 9.17) is 11.6 Å². The van der Waals surface area contributed by atoms with Gasteiger partial charge < -0.3 is 4.90 Å². The van der Waals surface area contributed by atoms with E-state index in [1.54, 1.807) is 0 Å².